The van der Waals surface area contributed by atoms with Crippen LogP contribution in [0, 0.1) is 0 Å². The summed E-state index contributed by atoms with van der Waals surface area (Å²) in [7, 11) is -2.26. The number of rotatable bonds is 4. The molecule has 0 aliphatic heterocycles. The van der Waals surface area contributed by atoms with Gasteiger partial charge in [-0.15, -0.1) is 12.4 Å². The molecule has 1 rings (SSSR count). The van der Waals surface area contributed by atoms with Crippen molar-refractivity contribution in [3.63, 3.8) is 0 Å². The van der Waals surface area contributed by atoms with Gasteiger partial charge in [0.05, 0.1) is 6.61 Å². The molecule has 0 aliphatic carbocycles. The van der Waals surface area contributed by atoms with Crippen LogP contribution in [0.25, 0.3) is 0 Å². The molecule has 0 radical (unpaired) electrons. The summed E-state index contributed by atoms with van der Waals surface area (Å²) >= 11 is 0. The van der Waals surface area contributed by atoms with Gasteiger partial charge in [-0.25, -0.2) is 0 Å². The predicted octanol–water partition coefficient (Wildman–Crippen LogP) is 1.22. The summed E-state index contributed by atoms with van der Waals surface area (Å²) in [5.74, 6) is 0. The van der Waals surface area contributed by atoms with Gasteiger partial charge in [-0.05, 0) is 25.3 Å². The molecular weight excluding hydrogens is 245 g/mol. The minimum Gasteiger partial charge on any atom is -0.395 e. The summed E-state index contributed by atoms with van der Waals surface area (Å²) in [6.07, 6.45) is 0.568. The Labute approximate surface area is 103 Å². The Kier molecular flexibility index (Phi) is 6.27. The first-order valence-corrected chi connectivity index (χ1v) is 7.55. The molecule has 0 heterocycles. The number of nitrogens with two attached hydrogens (primary N) is 1. The quantitative estimate of drug-likeness (QED) is 0.803. The van der Waals surface area contributed by atoms with Crippen LogP contribution in [0.15, 0.2) is 24.3 Å². The molecule has 0 fully saturated rings. The minimum atomic E-state index is -2.26. The van der Waals surface area contributed by atoms with Gasteiger partial charge in [-0.1, -0.05) is 24.3 Å². The Morgan fingerprint density at radius 3 is 2.44 bits per heavy atom. The Hall–Kier alpha value is -0.340. The second kappa shape index (κ2) is 6.41. The lowest BCUT2D eigenvalue weighted by atomic mass is 10.1. The van der Waals surface area contributed by atoms with E-state index in [2.05, 4.69) is 0 Å². The molecule has 0 aliphatic rings. The van der Waals surface area contributed by atoms with Gasteiger partial charge in [0, 0.05) is 11.3 Å². The van der Waals surface area contributed by atoms with Crippen LogP contribution in [-0.4, -0.2) is 31.1 Å². The fraction of sp³-hybridized carbons (Fsp3) is 0.455. The molecule has 5 heteroatoms. The number of aliphatic hydroxyl groups is 1. The van der Waals surface area contributed by atoms with Gasteiger partial charge >= 0.3 is 0 Å². The van der Waals surface area contributed by atoms with Gasteiger partial charge in [0.25, 0.3) is 0 Å². The maximum atomic E-state index is 12.0. The van der Waals surface area contributed by atoms with Crippen molar-refractivity contribution in [2.24, 2.45) is 5.73 Å². The zero-order chi connectivity index (χ0) is 11.5. The molecule has 92 valence electrons. The Morgan fingerprint density at radius 1 is 1.38 bits per heavy atom. The molecular formula is C11H19ClNO2P. The van der Waals surface area contributed by atoms with Crippen molar-refractivity contribution in [1.82, 2.24) is 0 Å². The molecule has 1 aromatic carbocycles. The van der Waals surface area contributed by atoms with Crippen LogP contribution in [0.5, 0.6) is 0 Å². The van der Waals surface area contributed by atoms with E-state index in [0.29, 0.717) is 6.42 Å². The van der Waals surface area contributed by atoms with Crippen LogP contribution in [-0.2, 0) is 11.0 Å². The van der Waals surface area contributed by atoms with E-state index in [1.165, 1.54) is 0 Å². The van der Waals surface area contributed by atoms with Crippen molar-refractivity contribution in [1.29, 1.82) is 0 Å². The van der Waals surface area contributed by atoms with Crippen molar-refractivity contribution in [2.75, 3.05) is 19.9 Å². The maximum absolute atomic E-state index is 12.0. The second-order valence-corrected chi connectivity index (χ2v) is 7.31. The number of benzene rings is 1. The van der Waals surface area contributed by atoms with Crippen molar-refractivity contribution in [3.8, 4) is 0 Å². The SMILES string of the molecule is CP(C)(=O)c1ccccc1CC(N)CO.Cl. The average molecular weight is 264 g/mol. The molecule has 3 nitrogen and oxygen atoms in total. The summed E-state index contributed by atoms with van der Waals surface area (Å²) in [6, 6.07) is 7.30. The normalized spacial score (nSPS) is 13.0. The van der Waals surface area contributed by atoms with E-state index < -0.39 is 7.14 Å². The van der Waals surface area contributed by atoms with Gasteiger partial charge in [0.1, 0.15) is 7.14 Å². The zero-order valence-corrected chi connectivity index (χ0v) is 11.3. The Bertz CT molecular complexity index is 378. The first-order chi connectivity index (χ1) is 6.95. The van der Waals surface area contributed by atoms with E-state index in [9.17, 15) is 4.57 Å². The monoisotopic (exact) mass is 263 g/mol. The number of aliphatic hydroxyl groups excluding tert-OH is 1. The van der Waals surface area contributed by atoms with Gasteiger partial charge < -0.3 is 15.4 Å². The molecule has 0 bridgehead atoms. The van der Waals surface area contributed by atoms with Crippen LogP contribution in [0.2, 0.25) is 0 Å². The zero-order valence-electron chi connectivity index (χ0n) is 9.59. The van der Waals surface area contributed by atoms with E-state index in [1.807, 2.05) is 24.3 Å². The lowest BCUT2D eigenvalue weighted by Gasteiger charge is -2.15. The van der Waals surface area contributed by atoms with Crippen molar-refractivity contribution in [3.05, 3.63) is 29.8 Å². The highest BCUT2D eigenvalue weighted by Crippen LogP contribution is 2.36. The third kappa shape index (κ3) is 4.26. The van der Waals surface area contributed by atoms with E-state index in [-0.39, 0.29) is 25.1 Å². The van der Waals surface area contributed by atoms with Crippen molar-refractivity contribution in [2.45, 2.75) is 12.5 Å². The van der Waals surface area contributed by atoms with Crippen LogP contribution < -0.4 is 11.0 Å². The van der Waals surface area contributed by atoms with Crippen LogP contribution >= 0.6 is 19.5 Å². The molecule has 1 atom stereocenters. The molecule has 0 aromatic heterocycles. The lowest BCUT2D eigenvalue weighted by Crippen LogP contribution is -2.29. The topological polar surface area (TPSA) is 63.3 Å². The standard InChI is InChI=1S/C11H18NO2P.ClH/c1-15(2,14)11-6-4-3-5-9(11)7-10(12)8-13;/h3-6,10,13H,7-8,12H2,1-2H3;1H. The second-order valence-electron chi connectivity index (χ2n) is 4.13. The fourth-order valence-electron chi connectivity index (χ4n) is 1.56. The number of hydrogen-bond acceptors (Lipinski definition) is 3. The van der Waals surface area contributed by atoms with E-state index in [0.717, 1.165) is 10.9 Å². The summed E-state index contributed by atoms with van der Waals surface area (Å²) in [4.78, 5) is 0. The van der Waals surface area contributed by atoms with E-state index in [1.54, 1.807) is 13.3 Å². The predicted molar refractivity (Wildman–Crippen MR) is 71.5 cm³/mol. The highest BCUT2D eigenvalue weighted by molar-refractivity contribution is 7.70. The smallest absolute Gasteiger partial charge is 0.110 e. The Balaban J connectivity index is 0.00000225. The first-order valence-electron chi connectivity index (χ1n) is 4.95. The van der Waals surface area contributed by atoms with Crippen LogP contribution in [0.3, 0.4) is 0 Å². The fourth-order valence-corrected chi connectivity index (χ4v) is 2.86. The van der Waals surface area contributed by atoms with E-state index >= 15 is 0 Å². The molecule has 0 spiro atoms. The van der Waals surface area contributed by atoms with E-state index in [4.69, 9.17) is 10.8 Å². The molecule has 1 aromatic rings. The highest BCUT2D eigenvalue weighted by atomic mass is 35.5. The average Bonchev–Trinajstić information content (AvgIpc) is 2.17. The molecule has 3 N–H and O–H groups in total. The highest BCUT2D eigenvalue weighted by Gasteiger charge is 2.16. The Morgan fingerprint density at radius 2 is 1.94 bits per heavy atom. The van der Waals surface area contributed by atoms with Crippen LogP contribution in [0.1, 0.15) is 5.56 Å². The molecule has 0 saturated carbocycles. The largest absolute Gasteiger partial charge is 0.395 e. The number of halogens is 1. The lowest BCUT2D eigenvalue weighted by molar-refractivity contribution is 0.265. The third-order valence-corrected chi connectivity index (χ3v) is 3.88. The van der Waals surface area contributed by atoms with Gasteiger partial charge in [0.2, 0.25) is 0 Å². The molecule has 16 heavy (non-hydrogen) atoms. The summed E-state index contributed by atoms with van der Waals surface area (Å²) < 4.78 is 12.0. The summed E-state index contributed by atoms with van der Waals surface area (Å²) in [5, 5.41) is 9.77. The van der Waals surface area contributed by atoms with Gasteiger partial charge in [-0.3, -0.25) is 0 Å². The molecule has 0 saturated heterocycles. The molecule has 1 unspecified atom stereocenters. The summed E-state index contributed by atoms with van der Waals surface area (Å²) in [5.41, 5.74) is 6.66. The minimum absolute atomic E-state index is 0. The van der Waals surface area contributed by atoms with Gasteiger partial charge in [-0.2, -0.15) is 0 Å². The summed E-state index contributed by atoms with van der Waals surface area (Å²) in [6.45, 7) is 3.44. The maximum Gasteiger partial charge on any atom is 0.110 e. The van der Waals surface area contributed by atoms with Crippen molar-refractivity contribution >= 4 is 24.9 Å². The van der Waals surface area contributed by atoms with Crippen molar-refractivity contribution < 1.29 is 9.67 Å². The number of hydrogen-bond donors (Lipinski definition) is 2. The molecule has 0 amide bonds. The van der Waals surface area contributed by atoms with Crippen LogP contribution in [0.4, 0.5) is 0 Å². The third-order valence-electron chi connectivity index (χ3n) is 2.29. The first kappa shape index (κ1) is 15.7. The van der Waals surface area contributed by atoms with Gasteiger partial charge in [0.15, 0.2) is 0 Å².